The number of hydrogen-bond acceptors (Lipinski definition) is 4. The second-order valence-electron chi connectivity index (χ2n) is 7.27. The van der Waals surface area contributed by atoms with E-state index in [4.69, 9.17) is 13.3 Å². The lowest BCUT2D eigenvalue weighted by Crippen LogP contribution is -2.56. The fourth-order valence-corrected chi connectivity index (χ4v) is 5.44. The largest absolute Gasteiger partial charge is 0.515 e. The van der Waals surface area contributed by atoms with Crippen molar-refractivity contribution in [2.75, 3.05) is 39.1 Å². The normalized spacial score (nSPS) is 12.2. The maximum atomic E-state index is 6.41. The predicted molar refractivity (Wildman–Crippen MR) is 115 cm³/mol. The Labute approximate surface area is 165 Å². The van der Waals surface area contributed by atoms with Crippen LogP contribution in [0, 0.1) is 0 Å². The second kappa shape index (κ2) is 18.4. The molecule has 0 aliphatic carbocycles. The van der Waals surface area contributed by atoms with E-state index in [0.29, 0.717) is 0 Å². The maximum Gasteiger partial charge on any atom is 0.515 e. The molecule has 0 atom stereocenters. The van der Waals surface area contributed by atoms with Gasteiger partial charge < -0.3 is 13.3 Å². The van der Waals surface area contributed by atoms with Gasteiger partial charge in [-0.05, 0) is 45.2 Å². The predicted octanol–water partition coefficient (Wildman–Crippen LogP) is 5.82. The van der Waals surface area contributed by atoms with Gasteiger partial charge in [0.05, 0.1) is 6.17 Å². The van der Waals surface area contributed by atoms with Crippen LogP contribution < -0.4 is 0 Å². The highest BCUT2D eigenvalue weighted by molar-refractivity contribution is 6.60. The number of unbranched alkanes of at least 4 members (excludes halogenated alkanes) is 5. The van der Waals surface area contributed by atoms with Gasteiger partial charge in [-0.25, -0.2) is 0 Å². The molecule has 0 aliphatic rings. The van der Waals surface area contributed by atoms with E-state index in [1.54, 1.807) is 0 Å². The molecule has 0 spiro atoms. The summed E-state index contributed by atoms with van der Waals surface area (Å²) in [5, 5.41) is 0. The average molecular weight is 390 g/mol. The monoisotopic (exact) mass is 389 g/mol. The zero-order chi connectivity index (χ0) is 19.5. The topological polar surface area (TPSA) is 30.9 Å². The van der Waals surface area contributed by atoms with Crippen molar-refractivity contribution < 1.29 is 13.3 Å². The van der Waals surface area contributed by atoms with Crippen LogP contribution in [-0.4, -0.2) is 52.8 Å². The fourth-order valence-electron chi connectivity index (χ4n) is 2.69. The van der Waals surface area contributed by atoms with Crippen LogP contribution in [0.2, 0.25) is 0 Å². The number of hydrogen-bond donors (Lipinski definition) is 0. The summed E-state index contributed by atoms with van der Waals surface area (Å²) < 4.78 is 19.2. The highest BCUT2D eigenvalue weighted by Crippen LogP contribution is 2.16. The molecule has 5 heteroatoms. The molecule has 0 aliphatic heterocycles. The quantitative estimate of drug-likeness (QED) is 0.194. The Balaban J connectivity index is 5.10. The van der Waals surface area contributed by atoms with Crippen molar-refractivity contribution in [3.8, 4) is 0 Å². The standard InChI is InChI=1S/C21H47NO3Si/c1-6-11-16-22(17-12-7-2)21-26(23-18-13-8-3,24-19-14-9-4)25-20-15-10-5/h6-21H2,1-5H3. The van der Waals surface area contributed by atoms with Gasteiger partial charge in [0, 0.05) is 19.8 Å². The second-order valence-corrected chi connectivity index (χ2v) is 9.82. The van der Waals surface area contributed by atoms with Gasteiger partial charge in [-0.15, -0.1) is 0 Å². The number of nitrogens with zero attached hydrogens (tertiary/aromatic N) is 1. The molecule has 0 saturated carbocycles. The van der Waals surface area contributed by atoms with E-state index < -0.39 is 8.80 Å². The van der Waals surface area contributed by atoms with Crippen LogP contribution in [0.3, 0.4) is 0 Å². The Morgan fingerprint density at radius 2 is 0.885 bits per heavy atom. The fraction of sp³-hybridized carbons (Fsp3) is 1.00. The molecule has 0 aromatic carbocycles. The minimum absolute atomic E-state index is 0.760. The molecule has 0 aromatic rings. The average Bonchev–Trinajstić information content (AvgIpc) is 2.64. The molecule has 158 valence electrons. The Bertz CT molecular complexity index is 258. The Morgan fingerprint density at radius 1 is 0.538 bits per heavy atom. The Morgan fingerprint density at radius 3 is 1.19 bits per heavy atom. The minimum atomic E-state index is -2.64. The van der Waals surface area contributed by atoms with E-state index in [1.165, 1.54) is 25.7 Å². The van der Waals surface area contributed by atoms with Gasteiger partial charge in [0.25, 0.3) is 0 Å². The van der Waals surface area contributed by atoms with Crippen LogP contribution in [0.5, 0.6) is 0 Å². The first-order chi connectivity index (χ1) is 12.7. The van der Waals surface area contributed by atoms with Crippen molar-refractivity contribution in [2.45, 2.75) is 98.8 Å². The third-order valence-corrected chi connectivity index (χ3v) is 7.30. The summed E-state index contributed by atoms with van der Waals surface area (Å²) in [5.41, 5.74) is 0. The Kier molecular flexibility index (Phi) is 18.5. The van der Waals surface area contributed by atoms with Gasteiger partial charge in [0.15, 0.2) is 0 Å². The molecule has 0 saturated heterocycles. The zero-order valence-electron chi connectivity index (χ0n) is 18.5. The molecule has 0 fully saturated rings. The molecule has 0 bridgehead atoms. The molecule has 0 N–H and O–H groups in total. The van der Waals surface area contributed by atoms with Crippen molar-refractivity contribution in [3.63, 3.8) is 0 Å². The maximum absolute atomic E-state index is 6.41. The molecule has 0 radical (unpaired) electrons. The van der Waals surface area contributed by atoms with Crippen LogP contribution >= 0.6 is 0 Å². The van der Waals surface area contributed by atoms with Gasteiger partial charge >= 0.3 is 8.80 Å². The van der Waals surface area contributed by atoms with E-state index in [9.17, 15) is 0 Å². The molecular weight excluding hydrogens is 342 g/mol. The molecular formula is C21H47NO3Si. The molecule has 0 amide bonds. The van der Waals surface area contributed by atoms with Gasteiger partial charge in [0.1, 0.15) is 0 Å². The lowest BCUT2D eigenvalue weighted by Gasteiger charge is -2.34. The molecule has 0 rings (SSSR count). The third-order valence-electron chi connectivity index (χ3n) is 4.53. The summed E-state index contributed by atoms with van der Waals surface area (Å²) in [6.07, 6.45) is 12.4. The van der Waals surface area contributed by atoms with Crippen LogP contribution in [0.1, 0.15) is 98.8 Å². The van der Waals surface area contributed by atoms with Crippen molar-refractivity contribution in [1.29, 1.82) is 0 Å². The summed E-state index contributed by atoms with van der Waals surface area (Å²) >= 11 is 0. The molecule has 26 heavy (non-hydrogen) atoms. The van der Waals surface area contributed by atoms with Gasteiger partial charge in [0.2, 0.25) is 0 Å². The van der Waals surface area contributed by atoms with E-state index in [2.05, 4.69) is 39.5 Å². The summed E-state index contributed by atoms with van der Waals surface area (Å²) in [7, 11) is -2.64. The van der Waals surface area contributed by atoms with E-state index in [1.807, 2.05) is 0 Å². The highest BCUT2D eigenvalue weighted by Gasteiger charge is 2.43. The van der Waals surface area contributed by atoms with Gasteiger partial charge in [-0.3, -0.25) is 4.90 Å². The summed E-state index contributed by atoms with van der Waals surface area (Å²) in [5.74, 6) is 0. The van der Waals surface area contributed by atoms with Gasteiger partial charge in [-0.1, -0.05) is 66.7 Å². The van der Waals surface area contributed by atoms with Crippen molar-refractivity contribution >= 4 is 8.80 Å². The van der Waals surface area contributed by atoms with Crippen molar-refractivity contribution in [2.24, 2.45) is 0 Å². The van der Waals surface area contributed by atoms with Crippen LogP contribution in [0.15, 0.2) is 0 Å². The molecule has 0 aromatic heterocycles. The summed E-state index contributed by atoms with van der Waals surface area (Å²) in [4.78, 5) is 2.54. The van der Waals surface area contributed by atoms with Crippen LogP contribution in [-0.2, 0) is 13.3 Å². The molecule has 4 nitrogen and oxygen atoms in total. The lowest BCUT2D eigenvalue weighted by atomic mass is 10.3. The minimum Gasteiger partial charge on any atom is -0.373 e. The first-order valence-corrected chi connectivity index (χ1v) is 13.2. The van der Waals surface area contributed by atoms with Gasteiger partial charge in [-0.2, -0.15) is 0 Å². The SMILES string of the molecule is CCCCO[Si](CN(CCCC)CCCC)(OCCCC)OCCCC. The van der Waals surface area contributed by atoms with Crippen LogP contribution in [0.4, 0.5) is 0 Å². The zero-order valence-corrected chi connectivity index (χ0v) is 19.5. The van der Waals surface area contributed by atoms with E-state index in [0.717, 1.165) is 77.6 Å². The number of rotatable bonds is 20. The van der Waals surface area contributed by atoms with Crippen molar-refractivity contribution in [1.82, 2.24) is 4.90 Å². The first-order valence-electron chi connectivity index (χ1n) is 11.3. The molecule has 0 unspecified atom stereocenters. The van der Waals surface area contributed by atoms with Crippen molar-refractivity contribution in [3.05, 3.63) is 0 Å². The third kappa shape index (κ3) is 13.3. The summed E-state index contributed by atoms with van der Waals surface area (Å²) in [6, 6.07) is 0. The molecule has 0 heterocycles. The summed E-state index contributed by atoms with van der Waals surface area (Å²) in [6.45, 7) is 15.7. The van der Waals surface area contributed by atoms with E-state index in [-0.39, 0.29) is 0 Å². The highest BCUT2D eigenvalue weighted by atomic mass is 28.4. The van der Waals surface area contributed by atoms with E-state index >= 15 is 0 Å². The lowest BCUT2D eigenvalue weighted by molar-refractivity contribution is 0.0428. The smallest absolute Gasteiger partial charge is 0.373 e. The van der Waals surface area contributed by atoms with Crippen LogP contribution in [0.25, 0.3) is 0 Å². The Hall–Kier alpha value is 0.0569. The first kappa shape index (κ1) is 26.1.